The number of aliphatic carboxylic acids is 1. The van der Waals surface area contributed by atoms with Gasteiger partial charge in [0.15, 0.2) is 0 Å². The summed E-state index contributed by atoms with van der Waals surface area (Å²) in [6, 6.07) is 1.55. The summed E-state index contributed by atoms with van der Waals surface area (Å²) < 4.78 is 0. The fourth-order valence-corrected chi connectivity index (χ4v) is 1.46. The van der Waals surface area contributed by atoms with Gasteiger partial charge in [0.1, 0.15) is 0 Å². The minimum atomic E-state index is -1.09. The van der Waals surface area contributed by atoms with E-state index < -0.39 is 17.9 Å². The Hall–Kier alpha value is -1.91. The average molecular weight is 223 g/mol. The quantitative estimate of drug-likeness (QED) is 0.809. The Morgan fingerprint density at radius 3 is 2.44 bits per heavy atom. The number of hydrogen-bond donors (Lipinski definition) is 2. The lowest BCUT2D eigenvalue weighted by Crippen LogP contribution is -2.19. The van der Waals surface area contributed by atoms with Gasteiger partial charge in [0.25, 0.3) is 0 Å². The molecule has 1 heterocycles. The summed E-state index contributed by atoms with van der Waals surface area (Å²) in [4.78, 5) is 25.5. The molecule has 2 atom stereocenters. The number of rotatable bonds is 4. The predicted molar refractivity (Wildman–Crippen MR) is 56.4 cm³/mol. The van der Waals surface area contributed by atoms with E-state index in [9.17, 15) is 9.59 Å². The van der Waals surface area contributed by atoms with E-state index in [2.05, 4.69) is 4.98 Å². The highest BCUT2D eigenvalue weighted by Gasteiger charge is 2.24. The van der Waals surface area contributed by atoms with Crippen LogP contribution in [0.2, 0.25) is 0 Å². The van der Waals surface area contributed by atoms with Crippen molar-refractivity contribution in [3.8, 4) is 0 Å². The van der Waals surface area contributed by atoms with Crippen molar-refractivity contribution in [2.24, 2.45) is 5.92 Å². The van der Waals surface area contributed by atoms with Crippen LogP contribution in [-0.2, 0) is 4.79 Å². The summed E-state index contributed by atoms with van der Waals surface area (Å²) in [5.41, 5.74) is 0.556. The van der Waals surface area contributed by atoms with E-state index in [4.69, 9.17) is 10.2 Å². The van der Waals surface area contributed by atoms with Crippen LogP contribution in [0.3, 0.4) is 0 Å². The van der Waals surface area contributed by atoms with E-state index in [1.807, 2.05) is 0 Å². The number of pyridine rings is 1. The summed E-state index contributed by atoms with van der Waals surface area (Å²) >= 11 is 0. The van der Waals surface area contributed by atoms with Gasteiger partial charge >= 0.3 is 11.9 Å². The van der Waals surface area contributed by atoms with Gasteiger partial charge in [-0.3, -0.25) is 9.78 Å². The van der Waals surface area contributed by atoms with Crippen LogP contribution in [0.15, 0.2) is 18.5 Å². The largest absolute Gasteiger partial charge is 0.481 e. The lowest BCUT2D eigenvalue weighted by atomic mass is 9.87. The summed E-state index contributed by atoms with van der Waals surface area (Å²) in [5, 5.41) is 17.8. The summed E-state index contributed by atoms with van der Waals surface area (Å²) in [7, 11) is 0. The van der Waals surface area contributed by atoms with Crippen molar-refractivity contribution in [3.63, 3.8) is 0 Å². The SMILES string of the molecule is CC(C(=O)O)C(C)c1ccncc1C(=O)O. The topological polar surface area (TPSA) is 87.5 Å². The Bertz CT molecular complexity index is 416. The molecule has 0 aliphatic rings. The van der Waals surface area contributed by atoms with Gasteiger partial charge in [-0.25, -0.2) is 4.79 Å². The molecule has 1 aromatic rings. The van der Waals surface area contributed by atoms with Gasteiger partial charge in [-0.05, 0) is 17.5 Å². The third kappa shape index (κ3) is 2.36. The van der Waals surface area contributed by atoms with Crippen molar-refractivity contribution < 1.29 is 19.8 Å². The molecule has 0 aliphatic heterocycles. The number of carboxylic acids is 2. The monoisotopic (exact) mass is 223 g/mol. The second kappa shape index (κ2) is 4.74. The molecule has 0 saturated carbocycles. The molecule has 0 spiro atoms. The van der Waals surface area contributed by atoms with Crippen molar-refractivity contribution in [2.45, 2.75) is 19.8 Å². The molecule has 1 aromatic heterocycles. The number of hydrogen-bond acceptors (Lipinski definition) is 3. The Morgan fingerprint density at radius 1 is 1.31 bits per heavy atom. The molecule has 86 valence electrons. The second-order valence-electron chi connectivity index (χ2n) is 3.68. The maximum Gasteiger partial charge on any atom is 0.337 e. The van der Waals surface area contributed by atoms with Crippen molar-refractivity contribution >= 4 is 11.9 Å². The van der Waals surface area contributed by atoms with E-state index in [0.717, 1.165) is 0 Å². The lowest BCUT2D eigenvalue weighted by molar-refractivity contribution is -0.141. The molecule has 0 aromatic carbocycles. The number of nitrogens with zero attached hydrogens (tertiary/aromatic N) is 1. The first-order chi connectivity index (χ1) is 7.45. The fourth-order valence-electron chi connectivity index (χ4n) is 1.46. The smallest absolute Gasteiger partial charge is 0.337 e. The first kappa shape index (κ1) is 12.2. The predicted octanol–water partition coefficient (Wildman–Crippen LogP) is 1.60. The van der Waals surface area contributed by atoms with Gasteiger partial charge in [-0.1, -0.05) is 13.8 Å². The van der Waals surface area contributed by atoms with Crippen LogP contribution in [-0.4, -0.2) is 27.1 Å². The molecule has 0 radical (unpaired) electrons. The zero-order valence-electron chi connectivity index (χ0n) is 9.04. The molecular formula is C11H13NO4. The standard InChI is InChI=1S/C11H13NO4/c1-6(7(2)10(13)14)8-3-4-12-5-9(8)11(15)16/h3-7H,1-2H3,(H,13,14)(H,15,16). The van der Waals surface area contributed by atoms with Crippen LogP contribution in [0.25, 0.3) is 0 Å². The van der Waals surface area contributed by atoms with E-state index in [0.29, 0.717) is 5.56 Å². The zero-order valence-corrected chi connectivity index (χ0v) is 9.04. The first-order valence-corrected chi connectivity index (χ1v) is 4.85. The summed E-state index contributed by atoms with van der Waals surface area (Å²) in [5.74, 6) is -3.04. The molecule has 2 unspecified atom stereocenters. The van der Waals surface area contributed by atoms with E-state index in [1.54, 1.807) is 19.9 Å². The Kier molecular flexibility index (Phi) is 3.60. The van der Waals surface area contributed by atoms with Crippen molar-refractivity contribution in [1.82, 2.24) is 4.98 Å². The molecule has 1 rings (SSSR count). The molecular weight excluding hydrogens is 210 g/mol. The van der Waals surface area contributed by atoms with Crippen LogP contribution in [0.4, 0.5) is 0 Å². The number of carboxylic acid groups (broad SMARTS) is 2. The summed E-state index contributed by atoms with van der Waals surface area (Å²) in [6.07, 6.45) is 2.70. The minimum Gasteiger partial charge on any atom is -0.481 e. The molecule has 16 heavy (non-hydrogen) atoms. The molecule has 5 heteroatoms. The number of carbonyl (C=O) groups is 2. The molecule has 0 saturated heterocycles. The molecule has 5 nitrogen and oxygen atoms in total. The van der Waals surface area contributed by atoms with Gasteiger partial charge < -0.3 is 10.2 Å². The second-order valence-corrected chi connectivity index (χ2v) is 3.68. The van der Waals surface area contributed by atoms with Crippen molar-refractivity contribution in [3.05, 3.63) is 29.6 Å². The highest BCUT2D eigenvalue weighted by atomic mass is 16.4. The van der Waals surface area contributed by atoms with Gasteiger partial charge in [0, 0.05) is 12.4 Å². The third-order valence-corrected chi connectivity index (χ3v) is 2.72. The van der Waals surface area contributed by atoms with Gasteiger partial charge in [-0.15, -0.1) is 0 Å². The van der Waals surface area contributed by atoms with Crippen molar-refractivity contribution in [1.29, 1.82) is 0 Å². The van der Waals surface area contributed by atoms with Crippen LogP contribution < -0.4 is 0 Å². The highest BCUT2D eigenvalue weighted by Crippen LogP contribution is 2.26. The average Bonchev–Trinajstić information content (AvgIpc) is 2.26. The van der Waals surface area contributed by atoms with Crippen LogP contribution in [0, 0.1) is 5.92 Å². The first-order valence-electron chi connectivity index (χ1n) is 4.85. The maximum atomic E-state index is 10.9. The highest BCUT2D eigenvalue weighted by molar-refractivity contribution is 5.89. The molecule has 2 N–H and O–H groups in total. The molecule has 0 fully saturated rings. The van der Waals surface area contributed by atoms with Crippen molar-refractivity contribution in [2.75, 3.05) is 0 Å². The Balaban J connectivity index is 3.12. The maximum absolute atomic E-state index is 10.9. The Morgan fingerprint density at radius 2 is 1.94 bits per heavy atom. The van der Waals surface area contributed by atoms with Gasteiger partial charge in [0.2, 0.25) is 0 Å². The lowest BCUT2D eigenvalue weighted by Gasteiger charge is -2.17. The zero-order chi connectivity index (χ0) is 12.3. The van der Waals surface area contributed by atoms with E-state index >= 15 is 0 Å². The van der Waals surface area contributed by atoms with E-state index in [-0.39, 0.29) is 11.5 Å². The van der Waals surface area contributed by atoms with Crippen LogP contribution >= 0.6 is 0 Å². The van der Waals surface area contributed by atoms with Gasteiger partial charge in [-0.2, -0.15) is 0 Å². The molecule has 0 bridgehead atoms. The fraction of sp³-hybridized carbons (Fsp3) is 0.364. The molecule has 0 amide bonds. The Labute approximate surface area is 92.8 Å². The van der Waals surface area contributed by atoms with E-state index in [1.165, 1.54) is 12.4 Å². The van der Waals surface area contributed by atoms with Crippen LogP contribution in [0.5, 0.6) is 0 Å². The molecule has 0 aliphatic carbocycles. The third-order valence-electron chi connectivity index (χ3n) is 2.72. The summed E-state index contributed by atoms with van der Waals surface area (Å²) in [6.45, 7) is 3.25. The number of aromatic carboxylic acids is 1. The van der Waals surface area contributed by atoms with Crippen LogP contribution in [0.1, 0.15) is 35.7 Å². The number of aromatic nitrogens is 1. The minimum absolute atomic E-state index is 0.0584. The normalized spacial score (nSPS) is 14.1. The van der Waals surface area contributed by atoms with Gasteiger partial charge in [0.05, 0.1) is 11.5 Å².